The highest BCUT2D eigenvalue weighted by Crippen LogP contribution is 2.27. The molecule has 5 heteroatoms. The molecule has 0 aliphatic heterocycles. The topological polar surface area (TPSA) is 47.9 Å². The van der Waals surface area contributed by atoms with Crippen molar-refractivity contribution in [3.8, 4) is 17.1 Å². The van der Waals surface area contributed by atoms with Gasteiger partial charge in [0.1, 0.15) is 5.69 Å². The molecule has 2 rings (SSSR count). The Morgan fingerprint density at radius 2 is 2.24 bits per heavy atom. The summed E-state index contributed by atoms with van der Waals surface area (Å²) in [5, 5.41) is 0. The molecule has 0 aliphatic rings. The highest BCUT2D eigenvalue weighted by molar-refractivity contribution is 6.99. The number of hydrogen-bond donors (Lipinski definition) is 0. The SMILES string of the molecule is CC(C)CCOc1nsnc1-c1cccnc1. The minimum atomic E-state index is 0.614. The summed E-state index contributed by atoms with van der Waals surface area (Å²) in [6.07, 6.45) is 4.53. The molecule has 2 aromatic heterocycles. The fourth-order valence-electron chi connectivity index (χ4n) is 1.35. The fourth-order valence-corrected chi connectivity index (χ4v) is 1.86. The Hall–Kier alpha value is -1.49. The van der Waals surface area contributed by atoms with Gasteiger partial charge in [-0.3, -0.25) is 4.98 Å². The molecule has 17 heavy (non-hydrogen) atoms. The van der Waals surface area contributed by atoms with Gasteiger partial charge >= 0.3 is 0 Å². The van der Waals surface area contributed by atoms with Crippen molar-refractivity contribution in [1.82, 2.24) is 13.7 Å². The largest absolute Gasteiger partial charge is 0.475 e. The van der Waals surface area contributed by atoms with E-state index in [1.165, 1.54) is 11.7 Å². The zero-order valence-corrected chi connectivity index (χ0v) is 10.8. The molecule has 0 unspecified atom stereocenters. The van der Waals surface area contributed by atoms with Gasteiger partial charge in [-0.15, -0.1) is 4.37 Å². The van der Waals surface area contributed by atoms with E-state index in [1.54, 1.807) is 12.4 Å². The highest BCUT2D eigenvalue weighted by atomic mass is 32.1. The lowest BCUT2D eigenvalue weighted by Gasteiger charge is -2.06. The summed E-state index contributed by atoms with van der Waals surface area (Å²) in [5.74, 6) is 1.24. The first-order chi connectivity index (χ1) is 8.27. The summed E-state index contributed by atoms with van der Waals surface area (Å²) in [6.45, 7) is 5.02. The maximum absolute atomic E-state index is 5.65. The molecule has 0 N–H and O–H groups in total. The number of aromatic nitrogens is 3. The van der Waals surface area contributed by atoms with Crippen LogP contribution in [0.1, 0.15) is 20.3 Å². The highest BCUT2D eigenvalue weighted by Gasteiger charge is 2.11. The van der Waals surface area contributed by atoms with Gasteiger partial charge in [-0.2, -0.15) is 4.37 Å². The molecular formula is C12H15N3OS. The Morgan fingerprint density at radius 3 is 2.94 bits per heavy atom. The van der Waals surface area contributed by atoms with Gasteiger partial charge in [0.15, 0.2) is 0 Å². The van der Waals surface area contributed by atoms with Gasteiger partial charge in [0, 0.05) is 18.0 Å². The van der Waals surface area contributed by atoms with E-state index < -0.39 is 0 Å². The van der Waals surface area contributed by atoms with Crippen molar-refractivity contribution < 1.29 is 4.74 Å². The van der Waals surface area contributed by atoms with E-state index in [4.69, 9.17) is 4.74 Å². The molecule has 2 aromatic rings. The molecule has 0 bridgehead atoms. The van der Waals surface area contributed by atoms with E-state index >= 15 is 0 Å². The predicted molar refractivity (Wildman–Crippen MR) is 68.1 cm³/mol. The van der Waals surface area contributed by atoms with Crippen LogP contribution in [0, 0.1) is 5.92 Å². The second-order valence-corrected chi connectivity index (χ2v) is 4.72. The van der Waals surface area contributed by atoms with Crippen molar-refractivity contribution in [2.24, 2.45) is 5.92 Å². The van der Waals surface area contributed by atoms with Crippen LogP contribution in [0.3, 0.4) is 0 Å². The lowest BCUT2D eigenvalue weighted by Crippen LogP contribution is -2.02. The molecule has 0 amide bonds. The van der Waals surface area contributed by atoms with E-state index in [0.717, 1.165) is 17.7 Å². The van der Waals surface area contributed by atoms with E-state index in [0.29, 0.717) is 18.4 Å². The van der Waals surface area contributed by atoms with E-state index in [2.05, 4.69) is 27.6 Å². The van der Waals surface area contributed by atoms with E-state index in [9.17, 15) is 0 Å². The first kappa shape index (κ1) is 12.0. The van der Waals surface area contributed by atoms with Gasteiger partial charge in [-0.05, 0) is 24.5 Å². The summed E-state index contributed by atoms with van der Waals surface area (Å²) in [5.41, 5.74) is 1.73. The zero-order valence-electron chi connectivity index (χ0n) is 9.96. The summed E-state index contributed by atoms with van der Waals surface area (Å²) < 4.78 is 14.1. The monoisotopic (exact) mass is 249 g/mol. The Morgan fingerprint density at radius 1 is 1.35 bits per heavy atom. The van der Waals surface area contributed by atoms with Crippen molar-refractivity contribution in [2.45, 2.75) is 20.3 Å². The molecular weight excluding hydrogens is 234 g/mol. The van der Waals surface area contributed by atoms with Crippen molar-refractivity contribution in [3.63, 3.8) is 0 Å². The van der Waals surface area contributed by atoms with Gasteiger partial charge in [-0.1, -0.05) is 13.8 Å². The Labute approximate surface area is 105 Å². The number of pyridine rings is 1. The number of ether oxygens (including phenoxy) is 1. The molecule has 0 fully saturated rings. The third kappa shape index (κ3) is 3.23. The average molecular weight is 249 g/mol. The summed E-state index contributed by atoms with van der Waals surface area (Å²) in [4.78, 5) is 4.07. The average Bonchev–Trinajstić information content (AvgIpc) is 2.78. The van der Waals surface area contributed by atoms with Gasteiger partial charge in [0.05, 0.1) is 18.3 Å². The predicted octanol–water partition coefficient (Wildman–Crippen LogP) is 3.03. The van der Waals surface area contributed by atoms with Gasteiger partial charge < -0.3 is 4.74 Å². The molecule has 2 heterocycles. The van der Waals surface area contributed by atoms with Gasteiger partial charge in [0.2, 0.25) is 0 Å². The third-order valence-electron chi connectivity index (χ3n) is 2.33. The maximum atomic E-state index is 5.65. The lowest BCUT2D eigenvalue weighted by atomic mass is 10.1. The van der Waals surface area contributed by atoms with E-state index in [1.807, 2.05) is 12.1 Å². The molecule has 0 radical (unpaired) electrons. The molecule has 0 saturated heterocycles. The Bertz CT molecular complexity index is 456. The molecule has 0 aromatic carbocycles. The van der Waals surface area contributed by atoms with E-state index in [-0.39, 0.29) is 0 Å². The normalized spacial score (nSPS) is 10.8. The number of nitrogens with zero attached hydrogens (tertiary/aromatic N) is 3. The first-order valence-electron chi connectivity index (χ1n) is 5.63. The first-order valence-corrected chi connectivity index (χ1v) is 6.36. The standard InChI is InChI=1S/C12H15N3OS/c1-9(2)5-7-16-12-11(14-17-15-12)10-4-3-6-13-8-10/h3-4,6,8-9H,5,7H2,1-2H3. The van der Waals surface area contributed by atoms with Crippen LogP contribution in [0.2, 0.25) is 0 Å². The summed E-state index contributed by atoms with van der Waals surface area (Å²) in [7, 11) is 0. The van der Waals surface area contributed by atoms with Crippen molar-refractivity contribution in [3.05, 3.63) is 24.5 Å². The molecule has 0 saturated carbocycles. The van der Waals surface area contributed by atoms with Crippen LogP contribution in [0.5, 0.6) is 5.88 Å². The molecule has 90 valence electrons. The van der Waals surface area contributed by atoms with Crippen molar-refractivity contribution in [1.29, 1.82) is 0 Å². The van der Waals surface area contributed by atoms with Crippen molar-refractivity contribution >= 4 is 11.7 Å². The number of rotatable bonds is 5. The van der Waals surface area contributed by atoms with Gasteiger partial charge in [-0.25, -0.2) is 0 Å². The summed E-state index contributed by atoms with van der Waals surface area (Å²) in [6, 6.07) is 3.84. The van der Waals surface area contributed by atoms with Gasteiger partial charge in [0.25, 0.3) is 5.88 Å². The second kappa shape index (κ2) is 5.72. The Balaban J connectivity index is 2.07. The molecule has 0 spiro atoms. The van der Waals surface area contributed by atoms with Crippen LogP contribution in [0.25, 0.3) is 11.3 Å². The second-order valence-electron chi connectivity index (χ2n) is 4.19. The minimum absolute atomic E-state index is 0.614. The van der Waals surface area contributed by atoms with Crippen molar-refractivity contribution in [2.75, 3.05) is 6.61 Å². The lowest BCUT2D eigenvalue weighted by molar-refractivity contribution is 0.283. The van der Waals surface area contributed by atoms with Crippen LogP contribution in [-0.2, 0) is 0 Å². The third-order valence-corrected chi connectivity index (χ3v) is 2.84. The van der Waals surface area contributed by atoms with Crippen LogP contribution in [-0.4, -0.2) is 20.3 Å². The minimum Gasteiger partial charge on any atom is -0.475 e. The van der Waals surface area contributed by atoms with Crippen LogP contribution < -0.4 is 4.74 Å². The molecule has 0 atom stereocenters. The van der Waals surface area contributed by atoms with Crippen LogP contribution in [0.4, 0.5) is 0 Å². The van der Waals surface area contributed by atoms with Crippen LogP contribution >= 0.6 is 11.7 Å². The smallest absolute Gasteiger partial charge is 0.254 e. The Kier molecular flexibility index (Phi) is 4.03. The maximum Gasteiger partial charge on any atom is 0.254 e. The number of hydrogen-bond acceptors (Lipinski definition) is 5. The van der Waals surface area contributed by atoms with Crippen LogP contribution in [0.15, 0.2) is 24.5 Å². The fraction of sp³-hybridized carbons (Fsp3) is 0.417. The molecule has 0 aliphatic carbocycles. The molecule has 4 nitrogen and oxygen atoms in total. The summed E-state index contributed by atoms with van der Waals surface area (Å²) >= 11 is 1.17. The zero-order chi connectivity index (χ0) is 12.1. The quantitative estimate of drug-likeness (QED) is 0.817.